The van der Waals surface area contributed by atoms with Gasteiger partial charge in [0.05, 0.1) is 24.4 Å². The molecule has 0 bridgehead atoms. The van der Waals surface area contributed by atoms with E-state index in [-0.39, 0.29) is 23.6 Å². The maximum Gasteiger partial charge on any atom is 0.352 e. The summed E-state index contributed by atoms with van der Waals surface area (Å²) in [5.74, 6) is -2.00. The highest BCUT2D eigenvalue weighted by molar-refractivity contribution is 6.00. The quantitative estimate of drug-likeness (QED) is 0.366. The highest BCUT2D eigenvalue weighted by Crippen LogP contribution is 2.49. The molecule has 0 aromatic carbocycles. The zero-order valence-corrected chi connectivity index (χ0v) is 11.1. The van der Waals surface area contributed by atoms with Crippen LogP contribution in [0.5, 0.6) is 0 Å². The van der Waals surface area contributed by atoms with Crippen molar-refractivity contribution in [2.24, 2.45) is 11.8 Å². The Morgan fingerprint density at radius 1 is 1.55 bits per heavy atom. The molecular formula is C13H17N3O4. The number of fused-ring (bicyclic) bond motifs is 3. The maximum atomic E-state index is 12.1. The van der Waals surface area contributed by atoms with Gasteiger partial charge in [-0.05, 0) is 18.9 Å². The fraction of sp³-hybridized carbons (Fsp3) is 0.615. The average Bonchev–Trinajstić information content (AvgIpc) is 2.68. The molecule has 0 spiro atoms. The summed E-state index contributed by atoms with van der Waals surface area (Å²) >= 11 is 0. The molecule has 0 radical (unpaired) electrons. The van der Waals surface area contributed by atoms with Crippen LogP contribution in [-0.4, -0.2) is 63.5 Å². The summed E-state index contributed by atoms with van der Waals surface area (Å²) in [6.07, 6.45) is 1.01. The minimum atomic E-state index is -1.08. The second kappa shape index (κ2) is 4.31. The molecule has 7 heteroatoms. The summed E-state index contributed by atoms with van der Waals surface area (Å²) in [5, 5.41) is 26.5. The van der Waals surface area contributed by atoms with Crippen LogP contribution in [0.4, 0.5) is 0 Å². The predicted octanol–water partition coefficient (Wildman–Crippen LogP) is -0.525. The number of aliphatic hydroxyl groups is 1. The zero-order valence-electron chi connectivity index (χ0n) is 11.1. The van der Waals surface area contributed by atoms with E-state index in [1.54, 1.807) is 6.92 Å². The summed E-state index contributed by atoms with van der Waals surface area (Å²) in [4.78, 5) is 26.7. The van der Waals surface area contributed by atoms with Gasteiger partial charge >= 0.3 is 5.97 Å². The Morgan fingerprint density at radius 2 is 2.25 bits per heavy atom. The molecule has 2 saturated heterocycles. The Labute approximate surface area is 116 Å². The summed E-state index contributed by atoms with van der Waals surface area (Å²) in [7, 11) is 0. The van der Waals surface area contributed by atoms with Crippen LogP contribution in [0.3, 0.4) is 0 Å². The summed E-state index contributed by atoms with van der Waals surface area (Å²) in [5.41, 5.74) is 0.892. The molecule has 3 heterocycles. The fourth-order valence-electron chi connectivity index (χ4n) is 3.74. The van der Waals surface area contributed by atoms with E-state index < -0.39 is 18.0 Å². The van der Waals surface area contributed by atoms with Crippen LogP contribution in [-0.2, 0) is 9.59 Å². The van der Waals surface area contributed by atoms with Crippen molar-refractivity contribution in [2.45, 2.75) is 25.5 Å². The number of carbonyl (C=O) groups is 2. The molecule has 0 aromatic heterocycles. The van der Waals surface area contributed by atoms with Crippen LogP contribution >= 0.6 is 0 Å². The number of piperidine rings is 1. The van der Waals surface area contributed by atoms with E-state index >= 15 is 0 Å². The minimum Gasteiger partial charge on any atom is -0.477 e. The molecule has 3 aliphatic rings. The molecule has 0 saturated carbocycles. The van der Waals surface area contributed by atoms with Crippen molar-refractivity contribution in [3.8, 4) is 0 Å². The molecule has 108 valence electrons. The van der Waals surface area contributed by atoms with E-state index in [9.17, 15) is 19.8 Å². The van der Waals surface area contributed by atoms with E-state index in [1.807, 2.05) is 4.90 Å². The first-order valence-electron chi connectivity index (χ1n) is 6.69. The maximum absolute atomic E-state index is 12.1. The summed E-state index contributed by atoms with van der Waals surface area (Å²) < 4.78 is 0. The fourth-order valence-corrected chi connectivity index (χ4v) is 3.74. The lowest BCUT2D eigenvalue weighted by molar-refractivity contribution is -0.163. The van der Waals surface area contributed by atoms with Gasteiger partial charge in [-0.15, -0.1) is 0 Å². The molecule has 0 aromatic rings. The predicted molar refractivity (Wildman–Crippen MR) is 68.9 cm³/mol. The van der Waals surface area contributed by atoms with Crippen molar-refractivity contribution in [2.75, 3.05) is 13.1 Å². The van der Waals surface area contributed by atoms with Crippen LogP contribution in [0.1, 0.15) is 13.3 Å². The lowest BCUT2D eigenvalue weighted by Gasteiger charge is -2.48. The molecule has 3 rings (SSSR count). The number of β-lactam (4-membered cyclic amide) rings is 1. The van der Waals surface area contributed by atoms with Gasteiger partial charge in [0, 0.05) is 19.0 Å². The van der Waals surface area contributed by atoms with Gasteiger partial charge in [-0.1, -0.05) is 0 Å². The number of nitrogens with one attached hydrogen (secondary N) is 1. The van der Waals surface area contributed by atoms with Gasteiger partial charge < -0.3 is 20.0 Å². The normalized spacial score (nSPS) is 33.5. The van der Waals surface area contributed by atoms with Crippen LogP contribution in [0.2, 0.25) is 0 Å². The first kappa shape index (κ1) is 13.1. The van der Waals surface area contributed by atoms with Gasteiger partial charge in [-0.25, -0.2) is 4.79 Å². The monoisotopic (exact) mass is 279 g/mol. The van der Waals surface area contributed by atoms with Crippen LogP contribution < -0.4 is 0 Å². The highest BCUT2D eigenvalue weighted by Gasteiger charge is 2.61. The number of hydrogen-bond donors (Lipinski definition) is 3. The van der Waals surface area contributed by atoms with Crippen LogP contribution in [0, 0.1) is 17.2 Å². The van der Waals surface area contributed by atoms with Gasteiger partial charge in [0.2, 0.25) is 5.91 Å². The standard InChI is InChI=1S/C13H17N3O4/c1-6(17)9-10-8-4-15(5-14)3-2-7(8)11(13(19)20)16(10)12(9)18/h5-6,8-10,14,17H,2-4H2,1H3,(H,19,20)/t6-,8-,9-,10-/m1/s1. The van der Waals surface area contributed by atoms with Crippen molar-refractivity contribution in [3.63, 3.8) is 0 Å². The molecule has 4 atom stereocenters. The number of carbonyl (C=O) groups excluding carboxylic acids is 1. The van der Waals surface area contributed by atoms with Crippen molar-refractivity contribution in [3.05, 3.63) is 11.3 Å². The Bertz CT molecular complexity index is 528. The van der Waals surface area contributed by atoms with Gasteiger partial charge in [0.1, 0.15) is 5.70 Å². The lowest BCUT2D eigenvalue weighted by atomic mass is 9.75. The first-order chi connectivity index (χ1) is 9.47. The van der Waals surface area contributed by atoms with E-state index in [2.05, 4.69) is 0 Å². The Morgan fingerprint density at radius 3 is 2.80 bits per heavy atom. The first-order valence-corrected chi connectivity index (χ1v) is 6.69. The Balaban J connectivity index is 1.99. The second-order valence-electron chi connectivity index (χ2n) is 5.62. The largest absolute Gasteiger partial charge is 0.477 e. The number of hydrogen-bond acceptors (Lipinski definition) is 4. The van der Waals surface area contributed by atoms with Gasteiger partial charge in [0.15, 0.2) is 0 Å². The smallest absolute Gasteiger partial charge is 0.352 e. The van der Waals surface area contributed by atoms with E-state index in [4.69, 9.17) is 5.41 Å². The third kappa shape index (κ3) is 1.53. The molecule has 3 N–H and O–H groups in total. The molecule has 0 aliphatic carbocycles. The summed E-state index contributed by atoms with van der Waals surface area (Å²) in [6, 6.07) is -0.272. The van der Waals surface area contributed by atoms with Crippen LogP contribution in [0.15, 0.2) is 11.3 Å². The SMILES string of the molecule is C[C@@H](O)[C@H]1C(=O)N2C(C(=O)O)=C3CCN(C=N)C[C@H]3[C@H]12. The Hall–Kier alpha value is -1.89. The number of amides is 1. The number of nitrogens with zero attached hydrogens (tertiary/aromatic N) is 2. The minimum absolute atomic E-state index is 0.0891. The topological polar surface area (TPSA) is 105 Å². The lowest BCUT2D eigenvalue weighted by Crippen LogP contribution is -2.65. The van der Waals surface area contributed by atoms with E-state index in [0.29, 0.717) is 19.5 Å². The number of aliphatic carboxylic acids is 1. The molecule has 0 unspecified atom stereocenters. The van der Waals surface area contributed by atoms with Crippen molar-refractivity contribution in [1.82, 2.24) is 9.80 Å². The van der Waals surface area contributed by atoms with Crippen molar-refractivity contribution in [1.29, 1.82) is 5.41 Å². The van der Waals surface area contributed by atoms with Crippen LogP contribution in [0.25, 0.3) is 0 Å². The highest BCUT2D eigenvalue weighted by atomic mass is 16.4. The van der Waals surface area contributed by atoms with Gasteiger partial charge in [0.25, 0.3) is 0 Å². The van der Waals surface area contributed by atoms with E-state index in [0.717, 1.165) is 5.57 Å². The molecule has 1 amide bonds. The number of rotatable bonds is 3. The average molecular weight is 279 g/mol. The number of carboxylic acid groups (broad SMARTS) is 1. The van der Waals surface area contributed by atoms with E-state index in [1.165, 1.54) is 11.2 Å². The van der Waals surface area contributed by atoms with Gasteiger partial charge in [-0.2, -0.15) is 0 Å². The molecular weight excluding hydrogens is 262 g/mol. The number of likely N-dealkylation sites (tertiary alicyclic amines) is 1. The molecule has 3 aliphatic heterocycles. The third-order valence-electron chi connectivity index (χ3n) is 4.60. The Kier molecular flexibility index (Phi) is 2.82. The molecule has 20 heavy (non-hydrogen) atoms. The van der Waals surface area contributed by atoms with Crippen molar-refractivity contribution < 1.29 is 19.8 Å². The van der Waals surface area contributed by atoms with Crippen molar-refractivity contribution >= 4 is 18.2 Å². The summed E-state index contributed by atoms with van der Waals surface area (Å²) in [6.45, 7) is 2.70. The molecule has 2 fully saturated rings. The zero-order chi connectivity index (χ0) is 14.6. The number of aliphatic hydroxyl groups excluding tert-OH is 1. The number of carboxylic acids is 1. The third-order valence-corrected chi connectivity index (χ3v) is 4.60. The van der Waals surface area contributed by atoms with Gasteiger partial charge in [-0.3, -0.25) is 10.2 Å². The second-order valence-corrected chi connectivity index (χ2v) is 5.62. The molecule has 7 nitrogen and oxygen atoms in total.